The highest BCUT2D eigenvalue weighted by molar-refractivity contribution is 5.80. The van der Waals surface area contributed by atoms with E-state index < -0.39 is 0 Å². The van der Waals surface area contributed by atoms with Crippen LogP contribution in [0.5, 0.6) is 0 Å². The van der Waals surface area contributed by atoms with E-state index in [0.717, 1.165) is 30.4 Å². The van der Waals surface area contributed by atoms with E-state index in [0.29, 0.717) is 6.04 Å². The predicted octanol–water partition coefficient (Wildman–Crippen LogP) is 2.25. The van der Waals surface area contributed by atoms with Gasteiger partial charge in [-0.2, -0.15) is 0 Å². The maximum Gasteiger partial charge on any atom is 0.191 e. The minimum absolute atomic E-state index is 0.172. The van der Waals surface area contributed by atoms with Gasteiger partial charge in [0.25, 0.3) is 0 Å². The molecule has 1 aliphatic carbocycles. The number of hydrogen-bond donors (Lipinski definition) is 2. The van der Waals surface area contributed by atoms with Crippen LogP contribution in [0.3, 0.4) is 0 Å². The molecule has 0 aromatic heterocycles. The molecule has 1 saturated carbocycles. The van der Waals surface area contributed by atoms with E-state index in [1.54, 1.807) is 13.1 Å². The van der Waals surface area contributed by atoms with E-state index in [1.807, 2.05) is 13.0 Å². The summed E-state index contributed by atoms with van der Waals surface area (Å²) in [5.41, 5.74) is 2.17. The van der Waals surface area contributed by atoms with E-state index in [2.05, 4.69) is 22.5 Å². The van der Waals surface area contributed by atoms with Crippen molar-refractivity contribution in [2.45, 2.75) is 32.7 Å². The molecule has 104 valence electrons. The van der Waals surface area contributed by atoms with Crippen LogP contribution in [0.4, 0.5) is 4.39 Å². The highest BCUT2D eigenvalue weighted by Gasteiger charge is 2.33. The molecule has 0 heterocycles. The van der Waals surface area contributed by atoms with Gasteiger partial charge >= 0.3 is 0 Å². The van der Waals surface area contributed by atoms with Crippen LogP contribution in [-0.4, -0.2) is 25.6 Å². The van der Waals surface area contributed by atoms with Crippen molar-refractivity contribution < 1.29 is 4.39 Å². The molecule has 0 aliphatic heterocycles. The molecule has 1 aromatic rings. The SMILES string of the molecule is CN=C(NCCc1ccc(F)cc1C)NC1CC1C. The second-order valence-corrected chi connectivity index (χ2v) is 5.28. The van der Waals surface area contributed by atoms with E-state index >= 15 is 0 Å². The number of benzene rings is 1. The number of hydrogen-bond acceptors (Lipinski definition) is 1. The van der Waals surface area contributed by atoms with Gasteiger partial charge in [-0.25, -0.2) is 4.39 Å². The number of aryl methyl sites for hydroxylation is 1. The summed E-state index contributed by atoms with van der Waals surface area (Å²) in [4.78, 5) is 4.20. The summed E-state index contributed by atoms with van der Waals surface area (Å²) in [6, 6.07) is 5.51. The minimum atomic E-state index is -0.172. The Bertz CT molecular complexity index is 470. The highest BCUT2D eigenvalue weighted by atomic mass is 19.1. The molecule has 2 N–H and O–H groups in total. The molecule has 1 aromatic carbocycles. The van der Waals surface area contributed by atoms with Gasteiger partial charge in [-0.1, -0.05) is 13.0 Å². The Balaban J connectivity index is 1.78. The molecule has 19 heavy (non-hydrogen) atoms. The fourth-order valence-corrected chi connectivity index (χ4v) is 2.15. The van der Waals surface area contributed by atoms with Crippen molar-refractivity contribution in [2.75, 3.05) is 13.6 Å². The van der Waals surface area contributed by atoms with Gasteiger partial charge in [0.1, 0.15) is 5.82 Å². The molecular weight excluding hydrogens is 241 g/mol. The van der Waals surface area contributed by atoms with Crippen molar-refractivity contribution in [3.05, 3.63) is 35.1 Å². The topological polar surface area (TPSA) is 36.4 Å². The van der Waals surface area contributed by atoms with Gasteiger partial charge in [0.2, 0.25) is 0 Å². The normalized spacial score (nSPS) is 22.2. The number of nitrogens with one attached hydrogen (secondary N) is 2. The van der Waals surface area contributed by atoms with E-state index in [1.165, 1.54) is 18.1 Å². The third kappa shape index (κ3) is 3.94. The van der Waals surface area contributed by atoms with Crippen LogP contribution >= 0.6 is 0 Å². The first-order chi connectivity index (χ1) is 9.10. The summed E-state index contributed by atoms with van der Waals surface area (Å²) < 4.78 is 13.0. The molecule has 3 nitrogen and oxygen atoms in total. The molecule has 0 bridgehead atoms. The monoisotopic (exact) mass is 263 g/mol. The molecule has 0 spiro atoms. The van der Waals surface area contributed by atoms with Crippen molar-refractivity contribution in [3.8, 4) is 0 Å². The third-order valence-corrected chi connectivity index (χ3v) is 3.65. The van der Waals surface area contributed by atoms with Crippen LogP contribution in [-0.2, 0) is 6.42 Å². The first-order valence-electron chi connectivity index (χ1n) is 6.82. The molecule has 0 saturated heterocycles. The molecule has 1 fully saturated rings. The number of nitrogens with zero attached hydrogens (tertiary/aromatic N) is 1. The Hall–Kier alpha value is -1.58. The summed E-state index contributed by atoms with van der Waals surface area (Å²) in [6.07, 6.45) is 2.09. The number of guanidine groups is 1. The van der Waals surface area contributed by atoms with Gasteiger partial charge < -0.3 is 10.6 Å². The first kappa shape index (κ1) is 13.8. The zero-order chi connectivity index (χ0) is 13.8. The van der Waals surface area contributed by atoms with Gasteiger partial charge in [0, 0.05) is 19.6 Å². The van der Waals surface area contributed by atoms with Gasteiger partial charge in [0.15, 0.2) is 5.96 Å². The van der Waals surface area contributed by atoms with Gasteiger partial charge in [0.05, 0.1) is 0 Å². The van der Waals surface area contributed by atoms with Crippen LogP contribution in [0, 0.1) is 18.7 Å². The summed E-state index contributed by atoms with van der Waals surface area (Å²) in [6.45, 7) is 4.97. The molecule has 0 amide bonds. The maximum absolute atomic E-state index is 13.0. The lowest BCUT2D eigenvalue weighted by Crippen LogP contribution is -2.40. The van der Waals surface area contributed by atoms with Gasteiger partial charge in [-0.15, -0.1) is 0 Å². The largest absolute Gasteiger partial charge is 0.356 e. The van der Waals surface area contributed by atoms with Crippen LogP contribution in [0.1, 0.15) is 24.5 Å². The Morgan fingerprint density at radius 1 is 1.47 bits per heavy atom. The van der Waals surface area contributed by atoms with Crippen molar-refractivity contribution in [2.24, 2.45) is 10.9 Å². The number of rotatable bonds is 4. The Labute approximate surface area is 114 Å². The molecular formula is C15H22FN3. The fraction of sp³-hybridized carbons (Fsp3) is 0.533. The minimum Gasteiger partial charge on any atom is -0.356 e. The molecule has 2 rings (SSSR count). The zero-order valence-corrected chi connectivity index (χ0v) is 11.8. The Kier molecular flexibility index (Phi) is 4.40. The van der Waals surface area contributed by atoms with Crippen LogP contribution in [0.15, 0.2) is 23.2 Å². The average Bonchev–Trinajstić information content (AvgIpc) is 3.06. The number of halogens is 1. The molecule has 0 radical (unpaired) electrons. The molecule has 2 unspecified atom stereocenters. The summed E-state index contributed by atoms with van der Waals surface area (Å²) >= 11 is 0. The lowest BCUT2D eigenvalue weighted by atomic mass is 10.1. The van der Waals surface area contributed by atoms with Crippen molar-refractivity contribution in [1.29, 1.82) is 0 Å². The zero-order valence-electron chi connectivity index (χ0n) is 11.8. The maximum atomic E-state index is 13.0. The smallest absolute Gasteiger partial charge is 0.191 e. The van der Waals surface area contributed by atoms with Crippen LogP contribution in [0.25, 0.3) is 0 Å². The Morgan fingerprint density at radius 3 is 2.79 bits per heavy atom. The lowest BCUT2D eigenvalue weighted by Gasteiger charge is -2.12. The van der Waals surface area contributed by atoms with Crippen LogP contribution in [0.2, 0.25) is 0 Å². The second kappa shape index (κ2) is 6.04. The summed E-state index contributed by atoms with van der Waals surface area (Å²) in [5, 5.41) is 6.68. The third-order valence-electron chi connectivity index (χ3n) is 3.65. The predicted molar refractivity (Wildman–Crippen MR) is 76.9 cm³/mol. The van der Waals surface area contributed by atoms with Crippen LogP contribution < -0.4 is 10.6 Å². The quantitative estimate of drug-likeness (QED) is 0.646. The molecule has 1 aliphatic rings. The Morgan fingerprint density at radius 2 is 2.21 bits per heavy atom. The first-order valence-corrected chi connectivity index (χ1v) is 6.82. The van der Waals surface area contributed by atoms with Crippen molar-refractivity contribution in [3.63, 3.8) is 0 Å². The molecule has 2 atom stereocenters. The summed E-state index contributed by atoms with van der Waals surface area (Å²) in [5.74, 6) is 1.43. The highest BCUT2D eigenvalue weighted by Crippen LogP contribution is 2.28. The van der Waals surface area contributed by atoms with E-state index in [9.17, 15) is 4.39 Å². The van der Waals surface area contributed by atoms with Gasteiger partial charge in [-0.05, 0) is 48.9 Å². The average molecular weight is 263 g/mol. The van der Waals surface area contributed by atoms with Crippen molar-refractivity contribution in [1.82, 2.24) is 10.6 Å². The fourth-order valence-electron chi connectivity index (χ4n) is 2.15. The summed E-state index contributed by atoms with van der Waals surface area (Å²) in [7, 11) is 1.78. The van der Waals surface area contributed by atoms with Gasteiger partial charge in [-0.3, -0.25) is 4.99 Å². The lowest BCUT2D eigenvalue weighted by molar-refractivity contribution is 0.625. The standard InChI is InChI=1S/C15H22FN3/c1-10-8-13(16)5-4-12(10)6-7-18-15(17-3)19-14-9-11(14)2/h4-5,8,11,14H,6-7,9H2,1-3H3,(H2,17,18,19). The molecule has 4 heteroatoms. The van der Waals surface area contributed by atoms with E-state index in [4.69, 9.17) is 0 Å². The number of aliphatic imine (C=N–C) groups is 1. The second-order valence-electron chi connectivity index (χ2n) is 5.28. The van der Waals surface area contributed by atoms with Crippen molar-refractivity contribution >= 4 is 5.96 Å². The van der Waals surface area contributed by atoms with E-state index in [-0.39, 0.29) is 5.82 Å².